The molecule has 0 N–H and O–H groups in total. The molecule has 4 atom stereocenters. The topological polar surface area (TPSA) is 0 Å². The Kier molecular flexibility index (Phi) is 6.15. The van der Waals surface area contributed by atoms with Crippen molar-refractivity contribution >= 4 is 93.4 Å². The Balaban J connectivity index is 1.50. The molecule has 0 radical (unpaired) electrons. The summed E-state index contributed by atoms with van der Waals surface area (Å²) in [5.41, 5.74) is 0. The van der Waals surface area contributed by atoms with Gasteiger partial charge in [0, 0.05) is 0 Å². The fourth-order valence-electron chi connectivity index (χ4n) is 1.99. The van der Waals surface area contributed by atoms with E-state index >= 15 is 0 Å². The van der Waals surface area contributed by atoms with Gasteiger partial charge in [-0.25, -0.2) is 0 Å². The van der Waals surface area contributed by atoms with Crippen LogP contribution < -0.4 is 0 Å². The second-order valence-electron chi connectivity index (χ2n) is 4.87. The number of hydrogen-bond donors (Lipinski definition) is 0. The molecule has 0 saturated carbocycles. The van der Waals surface area contributed by atoms with E-state index in [0.717, 1.165) is 48.9 Å². The molecule has 3 aliphatic heterocycles. The maximum atomic E-state index is 3.44. The summed E-state index contributed by atoms with van der Waals surface area (Å²) < 4.78 is 4.46. The van der Waals surface area contributed by atoms with Gasteiger partial charge in [0.05, 0.1) is 0 Å². The van der Waals surface area contributed by atoms with Crippen molar-refractivity contribution in [2.75, 3.05) is 11.5 Å². The van der Waals surface area contributed by atoms with Crippen LogP contribution in [0.5, 0.6) is 0 Å². The van der Waals surface area contributed by atoms with Crippen LogP contribution in [0, 0.1) is 0 Å². The van der Waals surface area contributed by atoms with Crippen molar-refractivity contribution in [3.8, 4) is 0 Å². The molecular weight excluding hydrogens is 524 g/mol. The minimum absolute atomic E-state index is 0.832. The number of thioether (sulfide) groups is 2. The van der Waals surface area contributed by atoms with Gasteiger partial charge in [-0.1, -0.05) is 0 Å². The van der Waals surface area contributed by atoms with Gasteiger partial charge in [0.15, 0.2) is 0 Å². The van der Waals surface area contributed by atoms with Crippen molar-refractivity contribution < 1.29 is 0 Å². The fourth-order valence-corrected chi connectivity index (χ4v) is 14.9. The van der Waals surface area contributed by atoms with Crippen LogP contribution in [0.1, 0.15) is 19.3 Å². The van der Waals surface area contributed by atoms with Crippen molar-refractivity contribution in [2.45, 2.75) is 43.6 Å². The molecule has 3 fully saturated rings. The van der Waals surface area contributed by atoms with E-state index in [9.17, 15) is 0 Å². The zero-order valence-corrected chi connectivity index (χ0v) is 18.5. The van der Waals surface area contributed by atoms with Crippen LogP contribution in [0.3, 0.4) is 0 Å². The van der Waals surface area contributed by atoms with Crippen molar-refractivity contribution in [1.82, 2.24) is 0 Å². The van der Waals surface area contributed by atoms with Gasteiger partial charge in [0.25, 0.3) is 0 Å². The molecule has 3 rings (SSSR count). The molecule has 18 heavy (non-hydrogen) atoms. The molecule has 0 nitrogen and oxygen atoms in total. The maximum absolute atomic E-state index is 3.44. The molecule has 0 aliphatic carbocycles. The predicted octanol–water partition coefficient (Wildman–Crippen LogP) is 1.44. The molecule has 100 valence electrons. The Morgan fingerprint density at radius 1 is 1.06 bits per heavy atom. The van der Waals surface area contributed by atoms with E-state index in [0.29, 0.717) is 0 Å². The molecule has 0 aromatic heterocycles. The monoisotopic (exact) mass is 544 g/mol. The quantitative estimate of drug-likeness (QED) is 0.370. The summed E-state index contributed by atoms with van der Waals surface area (Å²) in [7, 11) is 0. The Hall–Kier alpha value is 2.52. The SMILES string of the molecule is [Se]=C(CC1CS1)C1CC[Se]C(C(=[Se])CC2CS2)[Se]1. The van der Waals surface area contributed by atoms with Crippen LogP contribution in [-0.4, -0.2) is 91.9 Å². The van der Waals surface area contributed by atoms with Gasteiger partial charge in [0.1, 0.15) is 0 Å². The number of rotatable bonds is 6. The van der Waals surface area contributed by atoms with Crippen LogP contribution in [0.25, 0.3) is 0 Å². The van der Waals surface area contributed by atoms with E-state index in [-0.39, 0.29) is 0 Å². The molecule has 3 heterocycles. The third-order valence-electron chi connectivity index (χ3n) is 3.22. The van der Waals surface area contributed by atoms with E-state index < -0.39 is 0 Å². The molecule has 0 spiro atoms. The zero-order chi connectivity index (χ0) is 12.5. The van der Waals surface area contributed by atoms with Crippen molar-refractivity contribution in [3.63, 3.8) is 0 Å². The van der Waals surface area contributed by atoms with Crippen LogP contribution in [0.2, 0.25) is 13.9 Å². The van der Waals surface area contributed by atoms with Gasteiger partial charge in [-0.05, 0) is 0 Å². The number of hydrogen-bond acceptors (Lipinski definition) is 2. The molecule has 0 aromatic rings. The first-order chi connectivity index (χ1) is 8.72. The standard InChI is InChI=1S/C12H16S2Se4/c15-9(3-7-5-13-7)11-1-2-17-12(18-11)10(16)4-8-6-14-8/h7-8,11-12H,1-6H2. The first kappa shape index (κ1) is 15.4. The summed E-state index contributed by atoms with van der Waals surface area (Å²) in [5.74, 6) is 2.83. The van der Waals surface area contributed by atoms with Gasteiger partial charge in [-0.2, -0.15) is 0 Å². The Labute approximate surface area is 147 Å². The van der Waals surface area contributed by atoms with Crippen LogP contribution in [0.15, 0.2) is 0 Å². The Morgan fingerprint density at radius 3 is 2.28 bits per heavy atom. The first-order valence-corrected chi connectivity index (χ1v) is 14.3. The predicted molar refractivity (Wildman–Crippen MR) is 91.7 cm³/mol. The second-order valence-corrected chi connectivity index (χ2v) is 16.5. The molecule has 0 aromatic carbocycles. The summed E-state index contributed by atoms with van der Waals surface area (Å²) in [5, 5.41) is 3.46. The molecule has 0 bridgehead atoms. The van der Waals surface area contributed by atoms with Crippen molar-refractivity contribution in [2.24, 2.45) is 0 Å². The van der Waals surface area contributed by atoms with E-state index in [4.69, 9.17) is 0 Å². The third kappa shape index (κ3) is 4.77. The van der Waals surface area contributed by atoms with E-state index in [1.54, 1.807) is 8.83 Å². The summed E-state index contributed by atoms with van der Waals surface area (Å²) in [6.07, 6.45) is 4.24. The molecular formula is C12H16S2Se4. The van der Waals surface area contributed by atoms with E-state index in [1.165, 1.54) is 36.1 Å². The fraction of sp³-hybridized carbons (Fsp3) is 0.833. The van der Waals surface area contributed by atoms with Crippen LogP contribution in [-0.2, 0) is 0 Å². The van der Waals surface area contributed by atoms with Crippen LogP contribution in [0.4, 0.5) is 0 Å². The van der Waals surface area contributed by atoms with Gasteiger partial charge >= 0.3 is 149 Å². The molecule has 0 amide bonds. The second kappa shape index (κ2) is 7.19. The summed E-state index contributed by atoms with van der Waals surface area (Å²) in [6, 6.07) is 0. The van der Waals surface area contributed by atoms with Gasteiger partial charge in [-0.3, -0.25) is 0 Å². The van der Waals surface area contributed by atoms with Gasteiger partial charge < -0.3 is 0 Å². The zero-order valence-electron chi connectivity index (χ0n) is 10.0. The van der Waals surface area contributed by atoms with Crippen LogP contribution >= 0.6 is 23.5 Å². The van der Waals surface area contributed by atoms with Crippen molar-refractivity contribution in [3.05, 3.63) is 0 Å². The average Bonchev–Trinajstić information content (AvgIpc) is 3.25. The Morgan fingerprint density at radius 2 is 1.67 bits per heavy atom. The minimum atomic E-state index is 0.832. The summed E-state index contributed by atoms with van der Waals surface area (Å²) in [4.78, 5) is 0.953. The third-order valence-corrected chi connectivity index (χ3v) is 17.0. The average molecular weight is 540 g/mol. The van der Waals surface area contributed by atoms with E-state index in [1.807, 2.05) is 0 Å². The molecule has 4 unspecified atom stereocenters. The van der Waals surface area contributed by atoms with Gasteiger partial charge in [-0.15, -0.1) is 0 Å². The Bertz CT molecular complexity index is 320. The first-order valence-electron chi connectivity index (χ1n) is 6.28. The van der Waals surface area contributed by atoms with Gasteiger partial charge in [0.2, 0.25) is 0 Å². The molecule has 6 heteroatoms. The normalized spacial score (nSPS) is 38.2. The molecule has 3 saturated heterocycles. The van der Waals surface area contributed by atoms with E-state index in [2.05, 4.69) is 54.7 Å². The summed E-state index contributed by atoms with van der Waals surface area (Å²) in [6.45, 7) is 0. The summed E-state index contributed by atoms with van der Waals surface area (Å²) >= 11 is 12.9. The molecule has 3 aliphatic rings. The van der Waals surface area contributed by atoms with Crippen molar-refractivity contribution in [1.29, 1.82) is 0 Å².